The second-order valence-electron chi connectivity index (χ2n) is 6.44. The molecule has 1 atom stereocenters. The summed E-state index contributed by atoms with van der Waals surface area (Å²) in [4.78, 5) is 8.78. The molecule has 0 amide bonds. The lowest BCUT2D eigenvalue weighted by molar-refractivity contribution is 0.230. The van der Waals surface area contributed by atoms with Crippen LogP contribution in [0.1, 0.15) is 30.5 Å². The lowest BCUT2D eigenvalue weighted by atomic mass is 10.1. The van der Waals surface area contributed by atoms with Crippen molar-refractivity contribution in [1.29, 1.82) is 0 Å². The van der Waals surface area contributed by atoms with Gasteiger partial charge < -0.3 is 15.4 Å². The smallest absolute Gasteiger partial charge is 0.191 e. The maximum absolute atomic E-state index is 5.94. The first kappa shape index (κ1) is 19.8. The highest BCUT2D eigenvalue weighted by molar-refractivity contribution is 5.79. The third-order valence-corrected chi connectivity index (χ3v) is 4.00. The van der Waals surface area contributed by atoms with Gasteiger partial charge in [-0.3, -0.25) is 4.98 Å². The van der Waals surface area contributed by atoms with Crippen molar-refractivity contribution in [3.63, 3.8) is 0 Å². The first-order chi connectivity index (χ1) is 12.6. The van der Waals surface area contributed by atoms with Crippen molar-refractivity contribution in [3.05, 3.63) is 59.4 Å². The number of hydrogen-bond donors (Lipinski definition) is 2. The van der Waals surface area contributed by atoms with Crippen LogP contribution in [0.15, 0.2) is 47.7 Å². The fraction of sp³-hybridized carbons (Fsp3) is 0.429. The summed E-state index contributed by atoms with van der Waals surface area (Å²) in [6.07, 6.45) is 4.69. The molecule has 0 saturated carbocycles. The van der Waals surface area contributed by atoms with Crippen LogP contribution in [0.3, 0.4) is 0 Å². The van der Waals surface area contributed by atoms with Crippen molar-refractivity contribution in [2.75, 3.05) is 19.6 Å². The lowest BCUT2D eigenvalue weighted by Gasteiger charge is -2.15. The minimum absolute atomic E-state index is 0.00898. The summed E-state index contributed by atoms with van der Waals surface area (Å²) < 4.78 is 5.94. The molecule has 0 aliphatic rings. The maximum Gasteiger partial charge on any atom is 0.191 e. The number of nitrogens with zero attached hydrogens (tertiary/aromatic N) is 2. The van der Waals surface area contributed by atoms with Crippen LogP contribution in [-0.2, 0) is 6.42 Å². The normalized spacial score (nSPS) is 12.5. The molecule has 0 spiro atoms. The van der Waals surface area contributed by atoms with Gasteiger partial charge in [-0.25, -0.2) is 4.99 Å². The minimum atomic E-state index is 0.00898. The zero-order valence-electron chi connectivity index (χ0n) is 16.2. The molecule has 1 aromatic heterocycles. The van der Waals surface area contributed by atoms with Gasteiger partial charge in [-0.2, -0.15) is 0 Å². The minimum Gasteiger partial charge on any atom is -0.489 e. The Morgan fingerprint density at radius 3 is 2.81 bits per heavy atom. The first-order valence-corrected chi connectivity index (χ1v) is 9.23. The number of benzene rings is 1. The molecule has 140 valence electrons. The van der Waals surface area contributed by atoms with Crippen LogP contribution in [0.5, 0.6) is 5.75 Å². The molecule has 0 aliphatic carbocycles. The van der Waals surface area contributed by atoms with Gasteiger partial charge in [-0.15, -0.1) is 0 Å². The summed E-state index contributed by atoms with van der Waals surface area (Å²) >= 11 is 0. The van der Waals surface area contributed by atoms with Gasteiger partial charge in [0.25, 0.3) is 0 Å². The van der Waals surface area contributed by atoms with Gasteiger partial charge in [0.1, 0.15) is 11.9 Å². The number of nitrogens with one attached hydrogen (secondary N) is 2. The van der Waals surface area contributed by atoms with E-state index >= 15 is 0 Å². The van der Waals surface area contributed by atoms with Gasteiger partial charge in [0, 0.05) is 25.5 Å². The third kappa shape index (κ3) is 6.75. The molecular formula is C21H30N4O. The second kappa shape index (κ2) is 10.4. The first-order valence-electron chi connectivity index (χ1n) is 9.23. The highest BCUT2D eigenvalue weighted by Crippen LogP contribution is 2.14. The standard InChI is InChI=1S/C21H30N4O/c1-5-23-21(24-12-10-19-9-11-22-14-17(19)3)25-15-18(4)26-20-8-6-7-16(2)13-20/h6-9,11,13-14,18H,5,10,12,15H2,1-4H3,(H2,23,24,25). The van der Waals surface area contributed by atoms with Crippen LogP contribution in [0.25, 0.3) is 0 Å². The van der Waals surface area contributed by atoms with Crippen LogP contribution < -0.4 is 15.4 Å². The summed E-state index contributed by atoms with van der Waals surface area (Å²) in [5, 5.41) is 6.67. The Labute approximate surface area is 156 Å². The van der Waals surface area contributed by atoms with Crippen molar-refractivity contribution >= 4 is 5.96 Å². The van der Waals surface area contributed by atoms with Crippen LogP contribution in [0.4, 0.5) is 0 Å². The van der Waals surface area contributed by atoms with Gasteiger partial charge in [-0.1, -0.05) is 12.1 Å². The fourth-order valence-electron chi connectivity index (χ4n) is 2.62. The Hall–Kier alpha value is -2.56. The highest BCUT2D eigenvalue weighted by atomic mass is 16.5. The van der Waals surface area contributed by atoms with E-state index < -0.39 is 0 Å². The van der Waals surface area contributed by atoms with E-state index in [0.717, 1.165) is 31.2 Å². The molecule has 5 heteroatoms. The van der Waals surface area contributed by atoms with Gasteiger partial charge >= 0.3 is 0 Å². The van der Waals surface area contributed by atoms with Gasteiger partial charge in [-0.05, 0) is 69.0 Å². The zero-order chi connectivity index (χ0) is 18.8. The highest BCUT2D eigenvalue weighted by Gasteiger charge is 2.05. The van der Waals surface area contributed by atoms with Gasteiger partial charge in [0.2, 0.25) is 0 Å². The van der Waals surface area contributed by atoms with Crippen molar-refractivity contribution in [1.82, 2.24) is 15.6 Å². The molecule has 0 fully saturated rings. The number of rotatable bonds is 8. The van der Waals surface area contributed by atoms with E-state index in [1.807, 2.05) is 37.5 Å². The summed E-state index contributed by atoms with van der Waals surface area (Å²) in [6.45, 7) is 10.5. The molecule has 0 radical (unpaired) electrons. The number of aromatic nitrogens is 1. The number of ether oxygens (including phenoxy) is 1. The van der Waals surface area contributed by atoms with Crippen LogP contribution in [0, 0.1) is 13.8 Å². The molecule has 26 heavy (non-hydrogen) atoms. The Kier molecular flexibility index (Phi) is 7.93. The Bertz CT molecular complexity index is 715. The number of guanidine groups is 1. The molecule has 0 aliphatic heterocycles. The zero-order valence-corrected chi connectivity index (χ0v) is 16.2. The molecule has 1 unspecified atom stereocenters. The van der Waals surface area contributed by atoms with Crippen LogP contribution >= 0.6 is 0 Å². The molecule has 2 N–H and O–H groups in total. The predicted molar refractivity (Wildman–Crippen MR) is 108 cm³/mol. The van der Waals surface area contributed by atoms with Crippen molar-refractivity contribution in [2.45, 2.75) is 40.2 Å². The lowest BCUT2D eigenvalue weighted by Crippen LogP contribution is -2.39. The molecule has 1 aromatic carbocycles. The third-order valence-electron chi connectivity index (χ3n) is 4.00. The van der Waals surface area contributed by atoms with Crippen molar-refractivity contribution in [2.24, 2.45) is 4.99 Å². The fourth-order valence-corrected chi connectivity index (χ4v) is 2.62. The summed E-state index contributed by atoms with van der Waals surface area (Å²) in [6, 6.07) is 10.2. The van der Waals surface area contributed by atoms with E-state index in [1.54, 1.807) is 0 Å². The average Bonchev–Trinajstić information content (AvgIpc) is 2.61. The van der Waals surface area contributed by atoms with Crippen LogP contribution in [0.2, 0.25) is 0 Å². The molecule has 5 nitrogen and oxygen atoms in total. The topological polar surface area (TPSA) is 58.5 Å². The van der Waals surface area contributed by atoms with E-state index in [2.05, 4.69) is 53.5 Å². The quantitative estimate of drug-likeness (QED) is 0.564. The Balaban J connectivity index is 1.84. The van der Waals surface area contributed by atoms with E-state index in [1.165, 1.54) is 16.7 Å². The number of aryl methyl sites for hydroxylation is 2. The number of aliphatic imine (C=N–C) groups is 1. The van der Waals surface area contributed by atoms with E-state index in [0.29, 0.717) is 6.54 Å². The molecule has 2 aromatic rings. The summed E-state index contributed by atoms with van der Waals surface area (Å²) in [5.74, 6) is 1.71. The van der Waals surface area contributed by atoms with Crippen molar-refractivity contribution < 1.29 is 4.74 Å². The molecule has 0 saturated heterocycles. The van der Waals surface area contributed by atoms with E-state index in [4.69, 9.17) is 4.74 Å². The average molecular weight is 354 g/mol. The largest absolute Gasteiger partial charge is 0.489 e. The molecule has 0 bridgehead atoms. The SMILES string of the molecule is CCNC(=NCC(C)Oc1cccc(C)c1)NCCc1ccncc1C. The van der Waals surface area contributed by atoms with Crippen LogP contribution in [-0.4, -0.2) is 36.7 Å². The Morgan fingerprint density at radius 2 is 2.08 bits per heavy atom. The summed E-state index contributed by atoms with van der Waals surface area (Å²) in [5.41, 5.74) is 3.72. The second-order valence-corrected chi connectivity index (χ2v) is 6.44. The van der Waals surface area contributed by atoms with Crippen molar-refractivity contribution in [3.8, 4) is 5.75 Å². The van der Waals surface area contributed by atoms with E-state index in [9.17, 15) is 0 Å². The maximum atomic E-state index is 5.94. The summed E-state index contributed by atoms with van der Waals surface area (Å²) in [7, 11) is 0. The molecule has 1 heterocycles. The Morgan fingerprint density at radius 1 is 1.23 bits per heavy atom. The van der Waals surface area contributed by atoms with Gasteiger partial charge in [0.15, 0.2) is 5.96 Å². The number of pyridine rings is 1. The van der Waals surface area contributed by atoms with Gasteiger partial charge in [0.05, 0.1) is 6.54 Å². The molecule has 2 rings (SSSR count). The predicted octanol–water partition coefficient (Wildman–Crippen LogP) is 3.26. The number of hydrogen-bond acceptors (Lipinski definition) is 3. The monoisotopic (exact) mass is 354 g/mol. The molecular weight excluding hydrogens is 324 g/mol. The van der Waals surface area contributed by atoms with E-state index in [-0.39, 0.29) is 6.10 Å².